The van der Waals surface area contributed by atoms with E-state index >= 15 is 0 Å². The summed E-state index contributed by atoms with van der Waals surface area (Å²) >= 11 is 0. The fourth-order valence-corrected chi connectivity index (χ4v) is 3.11. The average Bonchev–Trinajstić information content (AvgIpc) is 2.92. The molecule has 2 rings (SSSR count). The van der Waals surface area contributed by atoms with Crippen molar-refractivity contribution in [2.24, 2.45) is 5.73 Å². The highest BCUT2D eigenvalue weighted by molar-refractivity contribution is 7.89. The van der Waals surface area contributed by atoms with Gasteiger partial charge in [0.2, 0.25) is 10.0 Å². The van der Waals surface area contributed by atoms with Gasteiger partial charge in [-0.3, -0.25) is 0 Å². The lowest BCUT2D eigenvalue weighted by Crippen LogP contribution is -2.29. The minimum absolute atomic E-state index is 0.0207. The molecule has 1 atom stereocenters. The van der Waals surface area contributed by atoms with E-state index in [4.69, 9.17) is 5.73 Å². The van der Waals surface area contributed by atoms with Crippen LogP contribution >= 0.6 is 0 Å². The maximum absolute atomic E-state index is 13.3. The molecule has 108 valence electrons. The fourth-order valence-electron chi connectivity index (χ4n) is 1.65. The Morgan fingerprint density at radius 1 is 1.50 bits per heavy atom. The molecule has 1 unspecified atom stereocenters. The molecule has 0 bridgehead atoms. The van der Waals surface area contributed by atoms with E-state index in [1.807, 2.05) is 0 Å². The van der Waals surface area contributed by atoms with Crippen LogP contribution in [-0.4, -0.2) is 29.0 Å². The summed E-state index contributed by atoms with van der Waals surface area (Å²) in [6, 6.07) is 2.70. The van der Waals surface area contributed by atoms with Crippen molar-refractivity contribution in [3.8, 4) is 0 Å². The number of nitrogens with zero attached hydrogens (tertiary/aromatic N) is 3. The van der Waals surface area contributed by atoms with Crippen LogP contribution in [0.2, 0.25) is 0 Å². The normalized spacial score (nSPS) is 13.3. The van der Waals surface area contributed by atoms with Crippen molar-refractivity contribution in [2.45, 2.75) is 24.4 Å². The number of hydrogen-bond donors (Lipinski definition) is 3. The minimum atomic E-state index is -3.94. The Balaban J connectivity index is 2.33. The third kappa shape index (κ3) is 2.98. The van der Waals surface area contributed by atoms with Crippen molar-refractivity contribution < 1.29 is 12.8 Å². The molecule has 0 radical (unpaired) electrons. The van der Waals surface area contributed by atoms with E-state index in [0.29, 0.717) is 5.56 Å². The number of tetrazole rings is 1. The summed E-state index contributed by atoms with van der Waals surface area (Å²) in [5.41, 5.74) is 5.79. The Morgan fingerprint density at radius 3 is 2.85 bits per heavy atom. The zero-order valence-corrected chi connectivity index (χ0v) is 11.4. The first-order valence-electron chi connectivity index (χ1n) is 5.68. The molecule has 8 nitrogen and oxygen atoms in total. The Morgan fingerprint density at radius 2 is 2.25 bits per heavy atom. The minimum Gasteiger partial charge on any atom is -0.326 e. The molecular formula is C10H13FN6O2S. The lowest BCUT2D eigenvalue weighted by atomic mass is 10.2. The van der Waals surface area contributed by atoms with Crippen molar-refractivity contribution in [3.05, 3.63) is 35.4 Å². The maximum Gasteiger partial charge on any atom is 0.241 e. The average molecular weight is 300 g/mol. The van der Waals surface area contributed by atoms with Crippen LogP contribution in [0.15, 0.2) is 23.1 Å². The Kier molecular flexibility index (Phi) is 4.06. The van der Waals surface area contributed by atoms with Gasteiger partial charge in [0.1, 0.15) is 5.82 Å². The van der Waals surface area contributed by atoms with Gasteiger partial charge in [0.15, 0.2) is 5.82 Å². The molecule has 4 N–H and O–H groups in total. The van der Waals surface area contributed by atoms with Crippen molar-refractivity contribution in [1.82, 2.24) is 25.3 Å². The second-order valence-corrected chi connectivity index (χ2v) is 5.75. The molecule has 0 amide bonds. The summed E-state index contributed by atoms with van der Waals surface area (Å²) in [6.07, 6.45) is 0. The van der Waals surface area contributed by atoms with Crippen molar-refractivity contribution in [2.75, 3.05) is 0 Å². The summed E-state index contributed by atoms with van der Waals surface area (Å²) in [5.74, 6) is -0.478. The van der Waals surface area contributed by atoms with E-state index in [1.165, 1.54) is 6.07 Å². The lowest BCUT2D eigenvalue weighted by Gasteiger charge is -2.13. The molecule has 0 saturated carbocycles. The van der Waals surface area contributed by atoms with Gasteiger partial charge in [-0.05, 0) is 24.6 Å². The zero-order chi connectivity index (χ0) is 14.8. The van der Waals surface area contributed by atoms with Crippen LogP contribution in [0.5, 0.6) is 0 Å². The van der Waals surface area contributed by atoms with Gasteiger partial charge in [-0.25, -0.2) is 17.5 Å². The van der Waals surface area contributed by atoms with Crippen molar-refractivity contribution in [1.29, 1.82) is 0 Å². The van der Waals surface area contributed by atoms with Gasteiger partial charge < -0.3 is 5.73 Å². The summed E-state index contributed by atoms with van der Waals surface area (Å²) in [5, 5.41) is 12.9. The van der Waals surface area contributed by atoms with Crippen LogP contribution in [0.3, 0.4) is 0 Å². The summed E-state index contributed by atoms with van der Waals surface area (Å²) in [4.78, 5) is -0.199. The van der Waals surface area contributed by atoms with Gasteiger partial charge in [-0.2, -0.15) is 5.21 Å². The Hall–Kier alpha value is -1.91. The second-order valence-electron chi connectivity index (χ2n) is 4.07. The molecule has 1 aromatic carbocycles. The maximum atomic E-state index is 13.3. The predicted molar refractivity (Wildman–Crippen MR) is 67.2 cm³/mol. The standard InChI is InChI=1S/C10H13FN6O2S/c1-6(10-13-16-17-14-10)15-20(18,19)9-4-8(11)3-2-7(9)5-12/h2-4,6,15H,5,12H2,1H3,(H,13,14,16,17). The van der Waals surface area contributed by atoms with E-state index in [1.54, 1.807) is 6.92 Å². The number of hydrogen-bond acceptors (Lipinski definition) is 6. The topological polar surface area (TPSA) is 127 Å². The Bertz CT molecular complexity index is 688. The first kappa shape index (κ1) is 14.5. The number of halogens is 1. The fraction of sp³-hybridized carbons (Fsp3) is 0.300. The highest BCUT2D eigenvalue weighted by Gasteiger charge is 2.23. The molecule has 0 fully saturated rings. The third-order valence-electron chi connectivity index (χ3n) is 2.62. The molecule has 0 spiro atoms. The molecule has 20 heavy (non-hydrogen) atoms. The van der Waals surface area contributed by atoms with Gasteiger partial charge in [0, 0.05) is 6.54 Å². The molecule has 0 aliphatic heterocycles. The predicted octanol–water partition coefficient (Wildman–Crippen LogP) is -0.163. The number of nitrogens with two attached hydrogens (primary N) is 1. The van der Waals surface area contributed by atoms with Gasteiger partial charge >= 0.3 is 0 Å². The third-order valence-corrected chi connectivity index (χ3v) is 4.24. The zero-order valence-electron chi connectivity index (χ0n) is 10.5. The number of nitrogens with one attached hydrogen (secondary N) is 2. The lowest BCUT2D eigenvalue weighted by molar-refractivity contribution is 0.556. The van der Waals surface area contributed by atoms with E-state index in [2.05, 4.69) is 25.3 Å². The summed E-state index contributed by atoms with van der Waals surface area (Å²) in [7, 11) is -3.94. The molecular weight excluding hydrogens is 287 g/mol. The molecule has 10 heteroatoms. The molecule has 0 aliphatic carbocycles. The number of rotatable bonds is 5. The number of sulfonamides is 1. The van der Waals surface area contributed by atoms with E-state index in [-0.39, 0.29) is 17.3 Å². The first-order valence-corrected chi connectivity index (χ1v) is 7.16. The smallest absolute Gasteiger partial charge is 0.241 e. The van der Waals surface area contributed by atoms with Gasteiger partial charge in [0.05, 0.1) is 10.9 Å². The first-order chi connectivity index (χ1) is 9.44. The van der Waals surface area contributed by atoms with Crippen LogP contribution < -0.4 is 10.5 Å². The van der Waals surface area contributed by atoms with Crippen LogP contribution in [-0.2, 0) is 16.6 Å². The van der Waals surface area contributed by atoms with Crippen molar-refractivity contribution in [3.63, 3.8) is 0 Å². The number of benzene rings is 1. The van der Waals surface area contributed by atoms with E-state index < -0.39 is 21.9 Å². The van der Waals surface area contributed by atoms with E-state index in [0.717, 1.165) is 12.1 Å². The van der Waals surface area contributed by atoms with Crippen LogP contribution in [0.25, 0.3) is 0 Å². The summed E-state index contributed by atoms with van der Waals surface area (Å²) in [6.45, 7) is 1.52. The van der Waals surface area contributed by atoms with Gasteiger partial charge in [0.25, 0.3) is 0 Å². The number of H-pyrrole nitrogens is 1. The number of aromatic nitrogens is 4. The highest BCUT2D eigenvalue weighted by Crippen LogP contribution is 2.19. The monoisotopic (exact) mass is 300 g/mol. The second kappa shape index (κ2) is 5.61. The highest BCUT2D eigenvalue weighted by atomic mass is 32.2. The molecule has 0 aliphatic rings. The Labute approximate surface area is 114 Å². The largest absolute Gasteiger partial charge is 0.326 e. The van der Waals surface area contributed by atoms with Crippen LogP contribution in [0, 0.1) is 5.82 Å². The molecule has 1 aromatic heterocycles. The van der Waals surface area contributed by atoms with Gasteiger partial charge in [-0.1, -0.05) is 11.3 Å². The quantitative estimate of drug-likeness (QED) is 0.704. The number of aromatic amines is 1. The van der Waals surface area contributed by atoms with Crippen LogP contribution in [0.4, 0.5) is 4.39 Å². The van der Waals surface area contributed by atoms with Crippen LogP contribution in [0.1, 0.15) is 24.4 Å². The van der Waals surface area contributed by atoms with Crippen molar-refractivity contribution >= 4 is 10.0 Å². The van der Waals surface area contributed by atoms with Gasteiger partial charge in [-0.15, -0.1) is 10.2 Å². The van der Waals surface area contributed by atoms with E-state index in [9.17, 15) is 12.8 Å². The molecule has 2 aromatic rings. The molecule has 1 heterocycles. The summed E-state index contributed by atoms with van der Waals surface area (Å²) < 4.78 is 40.1. The molecule has 0 saturated heterocycles. The SMILES string of the molecule is CC(NS(=O)(=O)c1cc(F)ccc1CN)c1nn[nH]n1.